The molecular formula is C32H30Cl2FN5O3. The molecule has 0 saturated carbocycles. The number of fused-ring (bicyclic) bond motifs is 1. The monoisotopic (exact) mass is 621 g/mol. The number of hydrogen-bond acceptors (Lipinski definition) is 4. The minimum Gasteiger partial charge on any atom is -0.351 e. The number of nitrogens with zero attached hydrogens (tertiary/aromatic N) is 2. The van der Waals surface area contributed by atoms with Gasteiger partial charge in [-0.15, -0.1) is 0 Å². The number of rotatable bonds is 12. The normalized spacial score (nSPS) is 11.2. The Morgan fingerprint density at radius 2 is 1.65 bits per heavy atom. The van der Waals surface area contributed by atoms with E-state index in [9.17, 15) is 14.0 Å². The Labute approximate surface area is 257 Å². The van der Waals surface area contributed by atoms with Crippen molar-refractivity contribution in [3.8, 4) is 22.4 Å². The number of H-pyrrole nitrogens is 1. The molecule has 2 heterocycles. The number of hydrogen-bond donors (Lipinski definition) is 4. The number of aromatic nitrogens is 3. The van der Waals surface area contributed by atoms with Crippen LogP contribution in [0.25, 0.3) is 33.3 Å². The van der Waals surface area contributed by atoms with Gasteiger partial charge in [0, 0.05) is 45.0 Å². The molecule has 0 fully saturated rings. The Morgan fingerprint density at radius 1 is 0.930 bits per heavy atom. The van der Waals surface area contributed by atoms with E-state index in [-0.39, 0.29) is 18.1 Å². The van der Waals surface area contributed by atoms with E-state index >= 15 is 0 Å². The summed E-state index contributed by atoms with van der Waals surface area (Å²) >= 11 is 12.4. The molecule has 0 aliphatic rings. The zero-order valence-corrected chi connectivity index (χ0v) is 24.7. The van der Waals surface area contributed by atoms with Gasteiger partial charge < -0.3 is 10.3 Å². The number of hydroxylamine groups is 1. The zero-order valence-electron chi connectivity index (χ0n) is 23.2. The summed E-state index contributed by atoms with van der Waals surface area (Å²) in [5.41, 5.74) is 6.50. The van der Waals surface area contributed by atoms with Crippen LogP contribution in [0.4, 0.5) is 4.39 Å². The first kappa shape index (κ1) is 30.3. The van der Waals surface area contributed by atoms with Crippen molar-refractivity contribution < 1.29 is 19.2 Å². The summed E-state index contributed by atoms with van der Waals surface area (Å²) < 4.78 is 15.7. The molecule has 0 saturated heterocycles. The van der Waals surface area contributed by atoms with Crippen molar-refractivity contribution in [1.29, 1.82) is 0 Å². The molecule has 5 rings (SSSR count). The lowest BCUT2D eigenvalue weighted by Gasteiger charge is -2.13. The highest BCUT2D eigenvalue weighted by molar-refractivity contribution is 6.31. The van der Waals surface area contributed by atoms with Gasteiger partial charge in [-0.25, -0.2) is 9.87 Å². The number of aromatic amines is 1. The first-order chi connectivity index (χ1) is 20.8. The molecular weight excluding hydrogens is 592 g/mol. The summed E-state index contributed by atoms with van der Waals surface area (Å²) in [6.45, 7) is 0.846. The summed E-state index contributed by atoms with van der Waals surface area (Å²) in [6, 6.07) is 19.1. The maximum atomic E-state index is 13.9. The quantitative estimate of drug-likeness (QED) is 0.0661. The van der Waals surface area contributed by atoms with E-state index < -0.39 is 5.91 Å². The second-order valence-corrected chi connectivity index (χ2v) is 11.1. The van der Waals surface area contributed by atoms with Gasteiger partial charge in [0.1, 0.15) is 11.5 Å². The molecule has 3 aromatic carbocycles. The van der Waals surface area contributed by atoms with E-state index in [0.29, 0.717) is 52.0 Å². The smallest absolute Gasteiger partial charge is 0.268 e. The molecule has 0 bridgehead atoms. The van der Waals surface area contributed by atoms with Crippen LogP contribution in [0.2, 0.25) is 10.0 Å². The zero-order chi connectivity index (χ0) is 30.3. The lowest BCUT2D eigenvalue weighted by atomic mass is 9.98. The second-order valence-electron chi connectivity index (χ2n) is 10.2. The average Bonchev–Trinajstić information content (AvgIpc) is 3.58. The Morgan fingerprint density at radius 3 is 2.40 bits per heavy atom. The van der Waals surface area contributed by atoms with Crippen LogP contribution in [0.1, 0.15) is 48.2 Å². The van der Waals surface area contributed by atoms with E-state index in [4.69, 9.17) is 33.5 Å². The molecule has 0 unspecified atom stereocenters. The Kier molecular flexibility index (Phi) is 9.76. The van der Waals surface area contributed by atoms with E-state index in [1.807, 2.05) is 35.0 Å². The number of unbranched alkanes of at least 4 members (excludes halogenated alkanes) is 3. The molecule has 0 aliphatic carbocycles. The molecule has 2 aromatic heterocycles. The largest absolute Gasteiger partial charge is 0.351 e. The molecule has 11 heteroatoms. The van der Waals surface area contributed by atoms with Crippen LogP contribution in [0.15, 0.2) is 72.9 Å². The summed E-state index contributed by atoms with van der Waals surface area (Å²) in [4.78, 5) is 28.1. The first-order valence-electron chi connectivity index (χ1n) is 13.9. The minimum atomic E-state index is -0.407. The third kappa shape index (κ3) is 7.25. The summed E-state index contributed by atoms with van der Waals surface area (Å²) in [5, 5.41) is 18.3. The molecule has 0 aliphatic heterocycles. The van der Waals surface area contributed by atoms with Crippen LogP contribution in [0.3, 0.4) is 0 Å². The van der Waals surface area contributed by atoms with E-state index in [1.165, 1.54) is 12.1 Å². The van der Waals surface area contributed by atoms with Gasteiger partial charge in [-0.3, -0.25) is 19.5 Å². The molecule has 8 nitrogen and oxygen atoms in total. The molecule has 0 spiro atoms. The summed E-state index contributed by atoms with van der Waals surface area (Å²) in [5.74, 6) is -1.04. The van der Waals surface area contributed by atoms with Gasteiger partial charge in [0.05, 0.1) is 18.4 Å². The van der Waals surface area contributed by atoms with Crippen molar-refractivity contribution >= 4 is 45.9 Å². The van der Waals surface area contributed by atoms with Crippen molar-refractivity contribution in [3.63, 3.8) is 0 Å². The molecule has 5 aromatic rings. The lowest BCUT2D eigenvalue weighted by Crippen LogP contribution is -2.25. The van der Waals surface area contributed by atoms with Crippen molar-refractivity contribution in [2.75, 3.05) is 6.54 Å². The van der Waals surface area contributed by atoms with Crippen molar-refractivity contribution in [1.82, 2.24) is 25.6 Å². The third-order valence-electron chi connectivity index (χ3n) is 7.21. The van der Waals surface area contributed by atoms with Crippen molar-refractivity contribution in [3.05, 3.63) is 100 Å². The number of amides is 2. The minimum absolute atomic E-state index is 0.254. The molecule has 4 N–H and O–H groups in total. The molecule has 0 radical (unpaired) electrons. The van der Waals surface area contributed by atoms with Crippen LogP contribution in [0, 0.1) is 5.82 Å². The van der Waals surface area contributed by atoms with Gasteiger partial charge in [0.15, 0.2) is 0 Å². The first-order valence-corrected chi connectivity index (χ1v) is 14.7. The van der Waals surface area contributed by atoms with Gasteiger partial charge in [0.2, 0.25) is 5.91 Å². The second kappa shape index (κ2) is 13.9. The molecule has 222 valence electrons. The highest BCUT2D eigenvalue weighted by Crippen LogP contribution is 2.40. The van der Waals surface area contributed by atoms with Gasteiger partial charge in [-0.1, -0.05) is 66.4 Å². The van der Waals surface area contributed by atoms with Crippen LogP contribution >= 0.6 is 23.2 Å². The van der Waals surface area contributed by atoms with E-state index in [0.717, 1.165) is 41.3 Å². The Bertz CT molecular complexity index is 1730. The fourth-order valence-corrected chi connectivity index (χ4v) is 5.37. The predicted octanol–water partition coefficient (Wildman–Crippen LogP) is 7.38. The van der Waals surface area contributed by atoms with Crippen molar-refractivity contribution in [2.45, 2.75) is 38.6 Å². The Balaban J connectivity index is 1.51. The molecule has 0 atom stereocenters. The van der Waals surface area contributed by atoms with Gasteiger partial charge >= 0.3 is 0 Å². The SMILES string of the molecule is O=C(CCCCCCNC(=O)c1[nH]c2cc(Cl)ccc2c1-c1c(-c2ccc(F)cc2)cnn1Cc1ccc(Cl)cc1)NO. The predicted molar refractivity (Wildman–Crippen MR) is 166 cm³/mol. The fraction of sp³-hybridized carbons (Fsp3) is 0.219. The number of nitrogens with one attached hydrogen (secondary N) is 3. The van der Waals surface area contributed by atoms with Crippen LogP contribution in [-0.4, -0.2) is 38.3 Å². The van der Waals surface area contributed by atoms with E-state index in [2.05, 4.69) is 10.3 Å². The molecule has 43 heavy (non-hydrogen) atoms. The van der Waals surface area contributed by atoms with Crippen LogP contribution in [0.5, 0.6) is 0 Å². The topological polar surface area (TPSA) is 112 Å². The van der Waals surface area contributed by atoms with Crippen molar-refractivity contribution in [2.24, 2.45) is 0 Å². The van der Waals surface area contributed by atoms with Gasteiger partial charge in [-0.05, 0) is 60.4 Å². The fourth-order valence-electron chi connectivity index (χ4n) is 5.07. The highest BCUT2D eigenvalue weighted by atomic mass is 35.5. The summed E-state index contributed by atoms with van der Waals surface area (Å²) in [7, 11) is 0. The average molecular weight is 623 g/mol. The van der Waals surface area contributed by atoms with Crippen LogP contribution in [-0.2, 0) is 11.3 Å². The standard InChI is InChI=1S/C32H30Cl2FN5O3/c33-22-10-6-20(7-11-22)19-40-31(26(18-37-40)21-8-13-24(35)14-9-21)29-25-15-12-23(34)17-27(25)38-30(29)32(42)36-16-4-2-1-3-5-28(41)39-43/h6-15,17-18,38,43H,1-5,16,19H2,(H,36,42)(H,39,41). The van der Waals surface area contributed by atoms with E-state index in [1.54, 1.807) is 35.9 Å². The molecule has 2 amide bonds. The summed E-state index contributed by atoms with van der Waals surface area (Å²) in [6.07, 6.45) is 4.97. The number of halogens is 3. The maximum absolute atomic E-state index is 13.9. The number of benzene rings is 3. The lowest BCUT2D eigenvalue weighted by molar-refractivity contribution is -0.129. The number of carbonyl (C=O) groups is 2. The van der Waals surface area contributed by atoms with Gasteiger partial charge in [0.25, 0.3) is 5.91 Å². The number of carbonyl (C=O) groups excluding carboxylic acids is 2. The highest BCUT2D eigenvalue weighted by Gasteiger charge is 2.26. The van der Waals surface area contributed by atoms with Crippen LogP contribution < -0.4 is 10.8 Å². The third-order valence-corrected chi connectivity index (χ3v) is 7.69. The van der Waals surface area contributed by atoms with Gasteiger partial charge in [-0.2, -0.15) is 5.10 Å². The Hall–Kier alpha value is -4.18. The maximum Gasteiger partial charge on any atom is 0.268 e.